The molecule has 3 heterocycles. The van der Waals surface area contributed by atoms with E-state index >= 15 is 0 Å². The molecule has 4 aliphatic rings. The molecule has 4 rings (SSSR count). The molecule has 14 nitrogen and oxygen atoms in total. The van der Waals surface area contributed by atoms with Crippen molar-refractivity contribution < 1.29 is 61.6 Å². The minimum absolute atomic E-state index is 0.00537. The van der Waals surface area contributed by atoms with Crippen molar-refractivity contribution in [2.24, 2.45) is 35.5 Å². The van der Waals surface area contributed by atoms with Crippen molar-refractivity contribution in [1.82, 2.24) is 4.90 Å². The Balaban J connectivity index is 1.76. The van der Waals surface area contributed by atoms with Crippen molar-refractivity contribution in [3.05, 3.63) is 47.6 Å². The molecule has 16 heteroatoms. The van der Waals surface area contributed by atoms with Crippen LogP contribution in [0.1, 0.15) is 126 Å². The van der Waals surface area contributed by atoms with E-state index in [-0.39, 0.29) is 66.8 Å². The number of Topliss-reactive ketones (excluding diaryl/α,β-unsaturated/α-hetero) is 3. The van der Waals surface area contributed by atoms with E-state index in [4.69, 9.17) is 32.5 Å². The van der Waals surface area contributed by atoms with Crippen LogP contribution in [0.4, 0.5) is 0 Å². The number of piperidine rings is 1. The van der Waals surface area contributed by atoms with Crippen LogP contribution < -0.4 is 0 Å². The number of esters is 1. The van der Waals surface area contributed by atoms with Gasteiger partial charge in [-0.05, 0) is 146 Å². The predicted octanol–water partition coefficient (Wildman–Crippen LogP) is 9.90. The highest BCUT2D eigenvalue weighted by Gasteiger charge is 2.53. The number of methoxy groups -OCH3 is 3. The molecule has 3 fully saturated rings. The molecule has 73 heavy (non-hydrogen) atoms. The molecule has 0 aromatic rings. The van der Waals surface area contributed by atoms with Gasteiger partial charge in [-0.2, -0.15) is 0 Å². The molecule has 3 aliphatic heterocycles. The van der Waals surface area contributed by atoms with Crippen molar-refractivity contribution >= 4 is 45.9 Å². The number of allylic oxidation sites excluding steroid dienone is 6. The normalized spacial score (nSPS) is 37.8. The van der Waals surface area contributed by atoms with Gasteiger partial charge in [-0.15, -0.1) is 0 Å². The molecule has 0 aromatic carbocycles. The number of rotatable bonds is 10. The number of ether oxygens (including phenoxy) is 5. The fourth-order valence-corrected chi connectivity index (χ4v) is 13.5. The summed E-state index contributed by atoms with van der Waals surface area (Å²) in [6, 6.07) is -1.11. The highest BCUT2D eigenvalue weighted by molar-refractivity contribution is 6.70. The Labute approximate surface area is 441 Å². The van der Waals surface area contributed by atoms with E-state index in [0.29, 0.717) is 50.5 Å². The van der Waals surface area contributed by atoms with Crippen LogP contribution in [0.5, 0.6) is 0 Å². The second-order valence-corrected chi connectivity index (χ2v) is 32.9. The first-order valence-electron chi connectivity index (χ1n) is 27.3. The molecule has 0 spiro atoms. The third kappa shape index (κ3) is 18.1. The number of aliphatic hydroxyl groups is 1. The van der Waals surface area contributed by atoms with Crippen molar-refractivity contribution in [3.8, 4) is 0 Å². The van der Waals surface area contributed by atoms with Crippen LogP contribution in [0.15, 0.2) is 47.6 Å². The monoisotopic (exact) mass is 1060 g/mol. The van der Waals surface area contributed by atoms with Gasteiger partial charge < -0.3 is 42.5 Å². The molecular weight excluding hydrogens is 963 g/mol. The first kappa shape index (κ1) is 62.6. The van der Waals surface area contributed by atoms with Crippen molar-refractivity contribution in [2.45, 2.75) is 219 Å². The minimum Gasteiger partial charge on any atom is -0.460 e. The Morgan fingerprint density at radius 1 is 0.767 bits per heavy atom. The van der Waals surface area contributed by atoms with E-state index in [0.717, 1.165) is 24.8 Å². The molecule has 1 amide bonds. The van der Waals surface area contributed by atoms with Gasteiger partial charge >= 0.3 is 5.97 Å². The lowest BCUT2D eigenvalue weighted by molar-refractivity contribution is -0.265. The molecule has 1 aliphatic carbocycles. The van der Waals surface area contributed by atoms with Crippen LogP contribution in [0.25, 0.3) is 0 Å². The number of nitrogens with zero attached hydrogens (tertiary/aromatic N) is 1. The average molecular weight is 1060 g/mol. The molecule has 1 saturated carbocycles. The third-order valence-electron chi connectivity index (χ3n) is 15.4. The molecular formula is C57H95NO13Si2. The maximum absolute atomic E-state index is 14.7. The molecule has 414 valence electrons. The summed E-state index contributed by atoms with van der Waals surface area (Å²) in [4.78, 5) is 73.6. The summed E-state index contributed by atoms with van der Waals surface area (Å²) in [6.07, 6.45) is 14.3. The van der Waals surface area contributed by atoms with E-state index in [2.05, 4.69) is 52.3 Å². The maximum atomic E-state index is 14.7. The molecule has 2 bridgehead atoms. The van der Waals surface area contributed by atoms with E-state index in [1.54, 1.807) is 21.1 Å². The minimum atomic E-state index is -2.42. The Kier molecular flexibility index (Phi) is 23.9. The number of cyclic esters (lactones) is 1. The zero-order chi connectivity index (χ0) is 54.6. The zero-order valence-electron chi connectivity index (χ0n) is 47.5. The highest BCUT2D eigenvalue weighted by atomic mass is 28.4. The van der Waals surface area contributed by atoms with Gasteiger partial charge in [-0.3, -0.25) is 19.2 Å². The summed E-state index contributed by atoms with van der Waals surface area (Å²) >= 11 is 0. The van der Waals surface area contributed by atoms with Gasteiger partial charge in [0.1, 0.15) is 24.0 Å². The number of amides is 1. The van der Waals surface area contributed by atoms with Crippen molar-refractivity contribution in [2.75, 3.05) is 27.9 Å². The zero-order valence-corrected chi connectivity index (χ0v) is 49.5. The maximum Gasteiger partial charge on any atom is 0.329 e. The van der Waals surface area contributed by atoms with Gasteiger partial charge in [0.2, 0.25) is 5.79 Å². The summed E-state index contributed by atoms with van der Waals surface area (Å²) < 4.78 is 43.8. The van der Waals surface area contributed by atoms with Crippen LogP contribution in [0.2, 0.25) is 39.3 Å². The number of hydrogen-bond donors (Lipinski definition) is 1. The van der Waals surface area contributed by atoms with E-state index in [1.165, 1.54) is 12.0 Å². The Morgan fingerprint density at radius 3 is 2.08 bits per heavy atom. The molecule has 1 N–H and O–H groups in total. The number of ketones is 3. The number of carbonyl (C=O) groups excluding carboxylic acids is 5. The average Bonchev–Trinajstić information content (AvgIpc) is 3.32. The quantitative estimate of drug-likeness (QED) is 0.0949. The Hall–Kier alpha value is -2.94. The van der Waals surface area contributed by atoms with E-state index in [1.807, 2.05) is 65.0 Å². The van der Waals surface area contributed by atoms with Crippen LogP contribution >= 0.6 is 0 Å². The van der Waals surface area contributed by atoms with Gasteiger partial charge in [-0.1, -0.05) is 71.1 Å². The molecule has 15 atom stereocenters. The summed E-state index contributed by atoms with van der Waals surface area (Å²) in [5, 5.41) is 12.1. The predicted molar refractivity (Wildman–Crippen MR) is 290 cm³/mol. The van der Waals surface area contributed by atoms with Crippen LogP contribution in [-0.2, 0) is 56.5 Å². The van der Waals surface area contributed by atoms with E-state index in [9.17, 15) is 29.1 Å². The van der Waals surface area contributed by atoms with Gasteiger partial charge in [-0.25, -0.2) is 4.79 Å². The van der Waals surface area contributed by atoms with Gasteiger partial charge in [0.15, 0.2) is 22.4 Å². The van der Waals surface area contributed by atoms with Gasteiger partial charge in [0.05, 0.1) is 30.5 Å². The second-order valence-electron chi connectivity index (χ2n) is 24.0. The molecule has 0 radical (unpaired) electrons. The summed E-state index contributed by atoms with van der Waals surface area (Å²) in [5.41, 5.74) is 1.60. The number of hydrogen-bond acceptors (Lipinski definition) is 13. The van der Waals surface area contributed by atoms with Crippen molar-refractivity contribution in [3.63, 3.8) is 0 Å². The SMILES string of the molecule is CO[C@H]1C[C@@H]2CC[C@@H](C)[C@@](O)(O2)C(=O)C(=O)N2CCCC[C@H]2C(=O)O[C@H]([C@@H](C)C[C@@H]2CC[C@@H](O[Si](C)(C)C)[C@H](OC)C2)CC(=O)[C@H](C)/C=C(\C)[C@@H](O[Si](C)(C)C)[C@@H](OC)C(=O)[C@H](C)C[C@H](C)/C=C/C=C/C=C/1C. The summed E-state index contributed by atoms with van der Waals surface area (Å²) in [5.74, 6) is -7.19. The third-order valence-corrected chi connectivity index (χ3v) is 17.4. The Bertz CT molecular complexity index is 1990. The lowest BCUT2D eigenvalue weighted by Crippen LogP contribution is -2.61. The van der Waals surface area contributed by atoms with Crippen LogP contribution in [0, 0.1) is 35.5 Å². The smallest absolute Gasteiger partial charge is 0.329 e. The molecule has 0 aromatic heterocycles. The summed E-state index contributed by atoms with van der Waals surface area (Å²) in [7, 11) is 0.716. The van der Waals surface area contributed by atoms with E-state index < -0.39 is 88.5 Å². The Morgan fingerprint density at radius 2 is 1.45 bits per heavy atom. The van der Waals surface area contributed by atoms with Crippen LogP contribution in [-0.4, -0.2) is 138 Å². The fourth-order valence-electron chi connectivity index (χ4n) is 11.2. The molecule has 2 saturated heterocycles. The first-order chi connectivity index (χ1) is 34.1. The first-order valence-corrected chi connectivity index (χ1v) is 34.1. The largest absolute Gasteiger partial charge is 0.460 e. The second kappa shape index (κ2) is 27.9. The fraction of sp³-hybridized carbons (Fsp3) is 0.772. The standard InChI is InChI=1S/C57H95NO13Si2/c1-36-22-18-17-19-23-37(2)48(65-8)34-44-27-25-42(7)57(64,69-44)54(61)55(62)58-29-21-20-24-45(58)56(63)68-49(39(4)32-43-26-28-47(50(33-43)66-9)70-72(11,12)13)35-46(59)38(3)31-41(6)52(71-73(14,15)16)53(67-10)51(60)40(5)30-36/h17-19,22-23,31,36,38-40,42-45,47-50,52-53,64H,20-21,24-30,32-35H2,1-16H3/b19-17+,22-18+,37-23+,41-31+/t36-,38-,39+,40-,42-,43+,44+,45+,47-,48+,49+,50-,52-,53+,57-/m1/s1. The lowest BCUT2D eigenvalue weighted by Gasteiger charge is -2.42. The summed E-state index contributed by atoms with van der Waals surface area (Å²) in [6.45, 7) is 26.1. The van der Waals surface area contributed by atoms with Crippen LogP contribution in [0.3, 0.4) is 0 Å². The van der Waals surface area contributed by atoms with Gasteiger partial charge in [0.25, 0.3) is 11.7 Å². The van der Waals surface area contributed by atoms with Gasteiger partial charge in [0, 0.05) is 58.5 Å². The number of carbonyl (C=O) groups is 5. The van der Waals surface area contributed by atoms with Crippen molar-refractivity contribution in [1.29, 1.82) is 0 Å². The lowest BCUT2D eigenvalue weighted by atomic mass is 9.78. The topological polar surface area (TPSA) is 173 Å². The highest BCUT2D eigenvalue weighted by Crippen LogP contribution is 2.39. The molecule has 0 unspecified atom stereocenters. The number of fused-ring (bicyclic) bond motifs is 3.